The van der Waals surface area contributed by atoms with Crippen LogP contribution in [0.3, 0.4) is 0 Å². The van der Waals surface area contributed by atoms with E-state index in [0.29, 0.717) is 11.0 Å². The van der Waals surface area contributed by atoms with Gasteiger partial charge in [0, 0.05) is 18.7 Å². The van der Waals surface area contributed by atoms with Crippen LogP contribution in [0.5, 0.6) is 0 Å². The second kappa shape index (κ2) is 7.74. The Morgan fingerprint density at radius 1 is 1.10 bits per heavy atom. The van der Waals surface area contributed by atoms with Crippen LogP contribution in [0, 0.1) is 5.82 Å². The maximum atomic E-state index is 13.0. The number of nitrogens with one attached hydrogen (secondary N) is 1. The first kappa shape index (κ1) is 20.9. The smallest absolute Gasteiger partial charge is 0.329 e. The summed E-state index contributed by atoms with van der Waals surface area (Å²) >= 11 is 0. The van der Waals surface area contributed by atoms with E-state index in [4.69, 9.17) is 0 Å². The maximum absolute atomic E-state index is 13.0. The van der Waals surface area contributed by atoms with Crippen molar-refractivity contribution in [2.45, 2.75) is 17.6 Å². The van der Waals surface area contributed by atoms with Crippen molar-refractivity contribution in [2.75, 3.05) is 6.54 Å². The van der Waals surface area contributed by atoms with Gasteiger partial charge in [-0.25, -0.2) is 22.5 Å². The van der Waals surface area contributed by atoms with Gasteiger partial charge in [-0.2, -0.15) is 18.2 Å². The molecule has 0 atom stereocenters. The van der Waals surface area contributed by atoms with Crippen molar-refractivity contribution in [3.05, 3.63) is 60.5 Å². The normalized spacial score (nSPS) is 12.5. The zero-order valence-electron chi connectivity index (χ0n) is 15.5. The highest BCUT2D eigenvalue weighted by molar-refractivity contribution is 7.89. The molecule has 8 nitrogen and oxygen atoms in total. The SMILES string of the molecule is O=S(=O)(NCCn1cnc2ccc(-c3noc(C(F)(F)F)n3)cc21)c1ccc(F)cc1. The maximum Gasteiger partial charge on any atom is 0.471 e. The molecule has 0 aliphatic heterocycles. The Morgan fingerprint density at radius 2 is 1.84 bits per heavy atom. The number of nitrogens with zero attached hydrogens (tertiary/aromatic N) is 4. The van der Waals surface area contributed by atoms with Crippen LogP contribution in [0.25, 0.3) is 22.4 Å². The van der Waals surface area contributed by atoms with Gasteiger partial charge in [0.25, 0.3) is 0 Å². The molecule has 0 spiro atoms. The molecule has 31 heavy (non-hydrogen) atoms. The molecule has 4 aromatic rings. The van der Waals surface area contributed by atoms with Crippen molar-refractivity contribution in [1.29, 1.82) is 0 Å². The Morgan fingerprint density at radius 3 is 2.52 bits per heavy atom. The number of halogens is 4. The summed E-state index contributed by atoms with van der Waals surface area (Å²) < 4.78 is 83.8. The number of hydrogen-bond acceptors (Lipinski definition) is 6. The summed E-state index contributed by atoms with van der Waals surface area (Å²) in [6.07, 6.45) is -3.28. The molecule has 1 N–H and O–H groups in total. The second-order valence-electron chi connectivity index (χ2n) is 6.41. The van der Waals surface area contributed by atoms with Crippen molar-refractivity contribution in [3.8, 4) is 11.4 Å². The monoisotopic (exact) mass is 455 g/mol. The van der Waals surface area contributed by atoms with E-state index in [1.807, 2.05) is 0 Å². The number of imidazole rings is 1. The average molecular weight is 455 g/mol. The van der Waals surface area contributed by atoms with Gasteiger partial charge in [-0.1, -0.05) is 5.16 Å². The number of hydrogen-bond donors (Lipinski definition) is 1. The molecule has 0 radical (unpaired) electrons. The lowest BCUT2D eigenvalue weighted by atomic mass is 10.2. The number of benzene rings is 2. The Labute approximate surface area is 172 Å². The van der Waals surface area contributed by atoms with Crippen molar-refractivity contribution in [1.82, 2.24) is 24.4 Å². The van der Waals surface area contributed by atoms with E-state index in [9.17, 15) is 26.0 Å². The van der Waals surface area contributed by atoms with Gasteiger partial charge in [-0.3, -0.25) is 0 Å². The summed E-state index contributed by atoms with van der Waals surface area (Å²) in [5, 5.41) is 3.35. The average Bonchev–Trinajstić information content (AvgIpc) is 3.35. The highest BCUT2D eigenvalue weighted by Crippen LogP contribution is 2.30. The fourth-order valence-electron chi connectivity index (χ4n) is 2.83. The molecule has 0 amide bonds. The summed E-state index contributed by atoms with van der Waals surface area (Å²) in [6.45, 7) is 0.177. The molecule has 13 heteroatoms. The zero-order chi connectivity index (χ0) is 22.2. The summed E-state index contributed by atoms with van der Waals surface area (Å²) in [7, 11) is -3.84. The van der Waals surface area contributed by atoms with Gasteiger partial charge in [0.15, 0.2) is 0 Å². The topological polar surface area (TPSA) is 103 Å². The van der Waals surface area contributed by atoms with Crippen molar-refractivity contribution >= 4 is 21.1 Å². The Balaban J connectivity index is 1.52. The van der Waals surface area contributed by atoms with Crippen LogP contribution in [0.15, 0.2) is 58.2 Å². The predicted molar refractivity (Wildman–Crippen MR) is 99.6 cm³/mol. The van der Waals surface area contributed by atoms with Crippen LogP contribution < -0.4 is 4.72 Å². The lowest BCUT2D eigenvalue weighted by Crippen LogP contribution is -2.27. The third-order valence-corrected chi connectivity index (χ3v) is 5.79. The minimum absolute atomic E-state index is 0.00414. The summed E-state index contributed by atoms with van der Waals surface area (Å²) in [5.41, 5.74) is 1.36. The first-order valence-electron chi connectivity index (χ1n) is 8.75. The van der Waals surface area contributed by atoms with Crippen LogP contribution >= 0.6 is 0 Å². The predicted octanol–water partition coefficient (Wildman–Crippen LogP) is 3.22. The molecular weight excluding hydrogens is 442 g/mol. The first-order chi connectivity index (χ1) is 14.6. The first-order valence-corrected chi connectivity index (χ1v) is 10.2. The molecular formula is C18H13F4N5O3S. The molecule has 0 bridgehead atoms. The van der Waals surface area contributed by atoms with Crippen LogP contribution in [0.4, 0.5) is 17.6 Å². The fraction of sp³-hybridized carbons (Fsp3) is 0.167. The van der Waals surface area contributed by atoms with Gasteiger partial charge < -0.3 is 9.09 Å². The van der Waals surface area contributed by atoms with Gasteiger partial charge in [-0.15, -0.1) is 0 Å². The van der Waals surface area contributed by atoms with Crippen molar-refractivity contribution in [2.24, 2.45) is 0 Å². The van der Waals surface area contributed by atoms with E-state index in [-0.39, 0.29) is 29.4 Å². The zero-order valence-corrected chi connectivity index (χ0v) is 16.3. The number of fused-ring (bicyclic) bond motifs is 1. The Bertz CT molecular complexity index is 1330. The molecule has 162 valence electrons. The molecule has 0 aliphatic rings. The minimum Gasteiger partial charge on any atom is -0.329 e. The number of sulfonamides is 1. The lowest BCUT2D eigenvalue weighted by molar-refractivity contribution is -0.159. The van der Waals surface area contributed by atoms with Gasteiger partial charge in [0.2, 0.25) is 15.8 Å². The fourth-order valence-corrected chi connectivity index (χ4v) is 3.85. The van der Waals surface area contributed by atoms with Crippen LogP contribution in [-0.2, 0) is 22.7 Å². The highest BCUT2D eigenvalue weighted by atomic mass is 32.2. The van der Waals surface area contributed by atoms with E-state index >= 15 is 0 Å². The number of alkyl halides is 3. The van der Waals surface area contributed by atoms with Gasteiger partial charge in [-0.05, 0) is 42.5 Å². The van der Waals surface area contributed by atoms with Gasteiger partial charge in [0.05, 0.1) is 22.3 Å². The molecule has 2 aromatic carbocycles. The van der Waals surface area contributed by atoms with Gasteiger partial charge >= 0.3 is 12.1 Å². The largest absolute Gasteiger partial charge is 0.471 e. The van der Waals surface area contributed by atoms with Crippen molar-refractivity contribution in [3.63, 3.8) is 0 Å². The van der Waals surface area contributed by atoms with E-state index in [1.165, 1.54) is 18.5 Å². The van der Waals surface area contributed by atoms with Gasteiger partial charge in [0.1, 0.15) is 5.82 Å². The minimum atomic E-state index is -4.75. The number of aromatic nitrogens is 4. The van der Waals surface area contributed by atoms with E-state index in [2.05, 4.69) is 24.4 Å². The summed E-state index contributed by atoms with van der Waals surface area (Å²) in [4.78, 5) is 7.46. The van der Waals surface area contributed by atoms with Crippen LogP contribution in [-0.4, -0.2) is 34.7 Å². The summed E-state index contributed by atoms with van der Waals surface area (Å²) in [6, 6.07) is 8.99. The van der Waals surface area contributed by atoms with E-state index in [1.54, 1.807) is 10.6 Å². The third-order valence-electron chi connectivity index (χ3n) is 4.32. The van der Waals surface area contributed by atoms with Crippen LogP contribution in [0.2, 0.25) is 0 Å². The molecule has 4 rings (SSSR count). The molecule has 0 unspecified atom stereocenters. The molecule has 0 saturated carbocycles. The Hall–Kier alpha value is -3.32. The summed E-state index contributed by atoms with van der Waals surface area (Å²) in [5.74, 6) is -2.24. The molecule has 2 heterocycles. The second-order valence-corrected chi connectivity index (χ2v) is 8.18. The lowest BCUT2D eigenvalue weighted by Gasteiger charge is -2.08. The third kappa shape index (κ3) is 4.41. The Kier molecular flexibility index (Phi) is 5.23. The highest BCUT2D eigenvalue weighted by Gasteiger charge is 2.38. The van der Waals surface area contributed by atoms with E-state index < -0.39 is 27.9 Å². The standard InChI is InChI=1S/C18H13F4N5O3S/c19-12-2-4-13(5-3-12)31(28,29)24-7-8-27-10-23-14-6-1-11(9-15(14)27)16-25-17(30-26-16)18(20,21)22/h1-6,9-10,24H,7-8H2. The molecule has 0 fully saturated rings. The molecule has 0 saturated heterocycles. The quantitative estimate of drug-likeness (QED) is 0.448. The van der Waals surface area contributed by atoms with Crippen molar-refractivity contribution < 1.29 is 30.5 Å². The van der Waals surface area contributed by atoms with E-state index in [0.717, 1.165) is 24.3 Å². The number of rotatable bonds is 6. The molecule has 0 aliphatic carbocycles. The molecule has 2 aromatic heterocycles. The van der Waals surface area contributed by atoms with Crippen LogP contribution in [0.1, 0.15) is 5.89 Å².